The lowest BCUT2D eigenvalue weighted by molar-refractivity contribution is -0.128. The summed E-state index contributed by atoms with van der Waals surface area (Å²) in [5, 5.41) is 3.02. The summed E-state index contributed by atoms with van der Waals surface area (Å²) in [7, 11) is 0. The highest BCUT2D eigenvalue weighted by atomic mass is 16.5. The van der Waals surface area contributed by atoms with Crippen molar-refractivity contribution in [3.8, 4) is 5.75 Å². The van der Waals surface area contributed by atoms with E-state index in [0.29, 0.717) is 13.0 Å². The average Bonchev–Trinajstić information content (AvgIpc) is 3.22. The molecule has 0 saturated carbocycles. The number of aryl methyl sites for hydroxylation is 2. The highest BCUT2D eigenvalue weighted by molar-refractivity contribution is 5.81. The number of rotatable bonds is 7. The zero-order valence-corrected chi connectivity index (χ0v) is 16.6. The van der Waals surface area contributed by atoms with Crippen LogP contribution >= 0.6 is 0 Å². The summed E-state index contributed by atoms with van der Waals surface area (Å²) >= 11 is 0. The van der Waals surface area contributed by atoms with Gasteiger partial charge < -0.3 is 15.0 Å². The lowest BCUT2D eigenvalue weighted by Crippen LogP contribution is -2.37. The predicted molar refractivity (Wildman–Crippen MR) is 110 cm³/mol. The van der Waals surface area contributed by atoms with Gasteiger partial charge in [-0.2, -0.15) is 0 Å². The molecule has 2 aromatic rings. The third kappa shape index (κ3) is 5.03. The van der Waals surface area contributed by atoms with Crippen LogP contribution in [0.15, 0.2) is 42.5 Å². The number of nitrogens with zero attached hydrogens (tertiary/aromatic N) is 1. The molecule has 0 aliphatic carbocycles. The molecule has 1 atom stereocenters. The van der Waals surface area contributed by atoms with Crippen molar-refractivity contribution in [1.29, 1.82) is 0 Å². The van der Waals surface area contributed by atoms with Crippen LogP contribution in [0, 0.1) is 13.8 Å². The largest absolute Gasteiger partial charge is 0.480 e. The first-order valence-electron chi connectivity index (χ1n) is 9.92. The van der Waals surface area contributed by atoms with E-state index in [1.54, 1.807) is 0 Å². The maximum absolute atomic E-state index is 12.6. The third-order valence-corrected chi connectivity index (χ3v) is 5.15. The number of nitrogens with one attached hydrogen (secondary N) is 1. The molecule has 0 bridgehead atoms. The van der Waals surface area contributed by atoms with Gasteiger partial charge in [0, 0.05) is 25.3 Å². The van der Waals surface area contributed by atoms with Crippen molar-refractivity contribution in [1.82, 2.24) is 5.32 Å². The normalized spacial score (nSPS) is 14.9. The summed E-state index contributed by atoms with van der Waals surface area (Å²) in [6.07, 6.45) is 2.70. The fraction of sp³-hybridized carbons (Fsp3) is 0.435. The average molecular weight is 367 g/mol. The van der Waals surface area contributed by atoms with Gasteiger partial charge in [0.15, 0.2) is 6.10 Å². The van der Waals surface area contributed by atoms with Gasteiger partial charge in [0.1, 0.15) is 5.75 Å². The van der Waals surface area contributed by atoms with Crippen LogP contribution in [-0.4, -0.2) is 25.1 Å². The molecular formula is C23H30N2O2. The Labute approximate surface area is 162 Å². The van der Waals surface area contributed by atoms with Crippen LogP contribution in [0.4, 0.5) is 5.69 Å². The molecule has 1 saturated heterocycles. The van der Waals surface area contributed by atoms with Crippen molar-refractivity contribution in [3.63, 3.8) is 0 Å². The monoisotopic (exact) mass is 366 g/mol. The summed E-state index contributed by atoms with van der Waals surface area (Å²) in [6.45, 7) is 8.81. The molecule has 0 aromatic heterocycles. The van der Waals surface area contributed by atoms with Crippen molar-refractivity contribution < 1.29 is 9.53 Å². The van der Waals surface area contributed by atoms with E-state index in [1.807, 2.05) is 32.9 Å². The molecule has 4 nitrogen and oxygen atoms in total. The first kappa shape index (κ1) is 19.3. The molecule has 0 spiro atoms. The van der Waals surface area contributed by atoms with Crippen LogP contribution in [0.1, 0.15) is 42.9 Å². The standard InChI is InChI=1S/C23H30N2O2/c1-4-21(27-22-15-17(2)7-8-18(22)3)23(26)24-16-19-9-11-20(12-10-19)25-13-5-6-14-25/h7-12,15,21H,4-6,13-14,16H2,1-3H3,(H,24,26)/t21-/m1/s1. The number of anilines is 1. The summed E-state index contributed by atoms with van der Waals surface area (Å²) < 4.78 is 5.99. The molecule has 1 fully saturated rings. The second-order valence-electron chi connectivity index (χ2n) is 7.36. The molecule has 3 rings (SSSR count). The van der Waals surface area contributed by atoms with Crippen molar-refractivity contribution in [2.45, 2.75) is 52.7 Å². The van der Waals surface area contributed by atoms with Crippen LogP contribution in [0.5, 0.6) is 5.75 Å². The Morgan fingerprint density at radius 3 is 2.48 bits per heavy atom. The quantitative estimate of drug-likeness (QED) is 0.791. The molecular weight excluding hydrogens is 336 g/mol. The number of ether oxygens (including phenoxy) is 1. The highest BCUT2D eigenvalue weighted by Crippen LogP contribution is 2.22. The van der Waals surface area contributed by atoms with E-state index in [-0.39, 0.29) is 5.91 Å². The zero-order chi connectivity index (χ0) is 19.2. The van der Waals surface area contributed by atoms with E-state index in [2.05, 4.69) is 40.5 Å². The lowest BCUT2D eigenvalue weighted by atomic mass is 10.1. The molecule has 1 amide bonds. The maximum Gasteiger partial charge on any atom is 0.261 e. The predicted octanol–water partition coefficient (Wildman–Crippen LogP) is 4.38. The lowest BCUT2D eigenvalue weighted by Gasteiger charge is -2.20. The number of hydrogen-bond donors (Lipinski definition) is 1. The van der Waals surface area contributed by atoms with Gasteiger partial charge in [-0.1, -0.05) is 31.2 Å². The summed E-state index contributed by atoms with van der Waals surface area (Å²) in [4.78, 5) is 15.0. The van der Waals surface area contributed by atoms with Crippen LogP contribution in [0.2, 0.25) is 0 Å². The fourth-order valence-corrected chi connectivity index (χ4v) is 3.41. The first-order valence-corrected chi connectivity index (χ1v) is 9.92. The SMILES string of the molecule is CC[C@@H](Oc1cc(C)ccc1C)C(=O)NCc1ccc(N2CCCC2)cc1. The van der Waals surface area contributed by atoms with Crippen molar-refractivity contribution >= 4 is 11.6 Å². The smallest absolute Gasteiger partial charge is 0.261 e. The second kappa shape index (κ2) is 8.94. The Kier molecular flexibility index (Phi) is 6.38. The Morgan fingerprint density at radius 2 is 1.81 bits per heavy atom. The molecule has 1 heterocycles. The molecule has 4 heteroatoms. The third-order valence-electron chi connectivity index (χ3n) is 5.15. The van der Waals surface area contributed by atoms with Gasteiger partial charge in [0.2, 0.25) is 0 Å². The number of hydrogen-bond acceptors (Lipinski definition) is 3. The number of carbonyl (C=O) groups excluding carboxylic acids is 1. The van der Waals surface area contributed by atoms with E-state index in [0.717, 1.165) is 35.5 Å². The van der Waals surface area contributed by atoms with Crippen LogP contribution < -0.4 is 15.0 Å². The van der Waals surface area contributed by atoms with E-state index >= 15 is 0 Å². The van der Waals surface area contributed by atoms with E-state index < -0.39 is 6.10 Å². The van der Waals surface area contributed by atoms with Crippen molar-refractivity contribution in [2.75, 3.05) is 18.0 Å². The minimum absolute atomic E-state index is 0.0676. The van der Waals surface area contributed by atoms with E-state index in [4.69, 9.17) is 4.74 Å². The topological polar surface area (TPSA) is 41.6 Å². The number of benzene rings is 2. The Morgan fingerprint density at radius 1 is 1.11 bits per heavy atom. The second-order valence-corrected chi connectivity index (χ2v) is 7.36. The fourth-order valence-electron chi connectivity index (χ4n) is 3.41. The van der Waals surface area contributed by atoms with Gasteiger partial charge in [-0.3, -0.25) is 4.79 Å². The molecule has 27 heavy (non-hydrogen) atoms. The summed E-state index contributed by atoms with van der Waals surface area (Å²) in [5.74, 6) is 0.717. The molecule has 0 unspecified atom stereocenters. The molecule has 1 aliphatic rings. The minimum Gasteiger partial charge on any atom is -0.480 e. The van der Waals surface area contributed by atoms with Crippen LogP contribution in [0.25, 0.3) is 0 Å². The molecule has 1 N–H and O–H groups in total. The zero-order valence-electron chi connectivity index (χ0n) is 16.6. The Bertz CT molecular complexity index is 764. The van der Waals surface area contributed by atoms with Gasteiger partial charge in [-0.05, 0) is 68.0 Å². The van der Waals surface area contributed by atoms with Crippen LogP contribution in [-0.2, 0) is 11.3 Å². The summed E-state index contributed by atoms with van der Waals surface area (Å²) in [6, 6.07) is 14.6. The van der Waals surface area contributed by atoms with Gasteiger partial charge in [0.25, 0.3) is 5.91 Å². The summed E-state index contributed by atoms with van der Waals surface area (Å²) in [5.41, 5.74) is 4.55. The van der Waals surface area contributed by atoms with E-state index in [9.17, 15) is 4.79 Å². The van der Waals surface area contributed by atoms with Gasteiger partial charge >= 0.3 is 0 Å². The van der Waals surface area contributed by atoms with E-state index in [1.165, 1.54) is 18.5 Å². The molecule has 1 aliphatic heterocycles. The molecule has 144 valence electrons. The van der Waals surface area contributed by atoms with Crippen molar-refractivity contribution in [2.24, 2.45) is 0 Å². The van der Waals surface area contributed by atoms with Crippen LogP contribution in [0.3, 0.4) is 0 Å². The van der Waals surface area contributed by atoms with Crippen molar-refractivity contribution in [3.05, 3.63) is 59.2 Å². The van der Waals surface area contributed by atoms with Gasteiger partial charge in [-0.15, -0.1) is 0 Å². The highest BCUT2D eigenvalue weighted by Gasteiger charge is 2.19. The molecule has 0 radical (unpaired) electrons. The molecule has 2 aromatic carbocycles. The number of amides is 1. The first-order chi connectivity index (χ1) is 13.1. The van der Waals surface area contributed by atoms with Gasteiger partial charge in [0.05, 0.1) is 0 Å². The minimum atomic E-state index is -0.477. The Hall–Kier alpha value is -2.49. The maximum atomic E-state index is 12.6. The number of carbonyl (C=O) groups is 1. The van der Waals surface area contributed by atoms with Gasteiger partial charge in [-0.25, -0.2) is 0 Å². The Balaban J connectivity index is 1.56.